The normalized spacial score (nSPS) is 14.2. The van der Waals surface area contributed by atoms with Gasteiger partial charge in [0.05, 0.1) is 5.56 Å². The molecule has 2 aromatic rings. The molecule has 5 nitrogen and oxygen atoms in total. The zero-order valence-corrected chi connectivity index (χ0v) is 13.1. The van der Waals surface area contributed by atoms with Gasteiger partial charge in [0.1, 0.15) is 11.5 Å². The maximum absolute atomic E-state index is 13.3. The summed E-state index contributed by atoms with van der Waals surface area (Å²) in [6, 6.07) is 5.55. The van der Waals surface area contributed by atoms with E-state index < -0.39 is 29.9 Å². The van der Waals surface area contributed by atoms with E-state index >= 15 is 0 Å². The van der Waals surface area contributed by atoms with Crippen LogP contribution in [0, 0.1) is 13.8 Å². The van der Waals surface area contributed by atoms with E-state index in [0.29, 0.717) is 5.69 Å². The molecule has 0 aliphatic carbocycles. The van der Waals surface area contributed by atoms with E-state index in [4.69, 9.17) is 4.42 Å². The van der Waals surface area contributed by atoms with E-state index in [1.165, 1.54) is 25.3 Å². The van der Waals surface area contributed by atoms with Crippen LogP contribution in [0.25, 0.3) is 0 Å². The number of aliphatic hydroxyl groups is 1. The van der Waals surface area contributed by atoms with Gasteiger partial charge in [-0.25, -0.2) is 0 Å². The Morgan fingerprint density at radius 3 is 2.46 bits per heavy atom. The number of amides is 1. The molecule has 2 N–H and O–H groups in total. The van der Waals surface area contributed by atoms with Crippen molar-refractivity contribution < 1.29 is 27.5 Å². The van der Waals surface area contributed by atoms with Crippen LogP contribution in [0.3, 0.4) is 0 Å². The summed E-state index contributed by atoms with van der Waals surface area (Å²) in [5.74, 6) is -0.913. The summed E-state index contributed by atoms with van der Waals surface area (Å²) in [7, 11) is 0. The number of carbonyl (C=O) groups excluding carboxylic acids is 1. The molecule has 0 aromatic carbocycles. The maximum Gasteiger partial charge on any atom is 0.424 e. The highest BCUT2D eigenvalue weighted by molar-refractivity contribution is 5.93. The Kier molecular flexibility index (Phi) is 4.98. The molecule has 24 heavy (non-hydrogen) atoms. The van der Waals surface area contributed by atoms with Gasteiger partial charge in [-0.3, -0.25) is 9.78 Å². The van der Waals surface area contributed by atoms with E-state index in [-0.39, 0.29) is 17.9 Å². The second-order valence-electron chi connectivity index (χ2n) is 5.46. The SMILES string of the molecule is Cc1ccc(C(=O)NCCC(O)(c2ccc(C)o2)C(F)(F)F)cn1. The molecule has 2 heterocycles. The Bertz CT molecular complexity index is 710. The van der Waals surface area contributed by atoms with Crippen LogP contribution in [0.4, 0.5) is 13.2 Å². The van der Waals surface area contributed by atoms with E-state index in [9.17, 15) is 23.1 Å². The van der Waals surface area contributed by atoms with E-state index in [2.05, 4.69) is 10.3 Å². The number of furan rings is 1. The van der Waals surface area contributed by atoms with Gasteiger partial charge in [0.2, 0.25) is 5.60 Å². The first-order valence-electron chi connectivity index (χ1n) is 7.20. The fourth-order valence-corrected chi connectivity index (χ4v) is 2.12. The highest BCUT2D eigenvalue weighted by Gasteiger charge is 2.56. The standard InChI is InChI=1S/C16H17F3N2O3/c1-10-3-5-12(9-21-10)14(22)20-8-7-15(23,16(17,18)19)13-6-4-11(2)24-13/h3-6,9,23H,7-8H2,1-2H3,(H,20,22). The predicted octanol–water partition coefficient (Wildman–Crippen LogP) is 2.86. The third kappa shape index (κ3) is 3.76. The summed E-state index contributed by atoms with van der Waals surface area (Å²) < 4.78 is 44.7. The molecule has 0 saturated heterocycles. The summed E-state index contributed by atoms with van der Waals surface area (Å²) in [6.07, 6.45) is -4.38. The van der Waals surface area contributed by atoms with Gasteiger partial charge >= 0.3 is 6.18 Å². The number of nitrogens with one attached hydrogen (secondary N) is 1. The number of hydrogen-bond acceptors (Lipinski definition) is 4. The molecule has 1 atom stereocenters. The van der Waals surface area contributed by atoms with E-state index in [1.54, 1.807) is 13.0 Å². The minimum absolute atomic E-state index is 0.227. The van der Waals surface area contributed by atoms with E-state index in [0.717, 1.165) is 6.07 Å². The molecule has 2 aromatic heterocycles. The van der Waals surface area contributed by atoms with Crippen molar-refractivity contribution in [2.45, 2.75) is 32.0 Å². The number of pyridine rings is 1. The largest absolute Gasteiger partial charge is 0.463 e. The zero-order chi connectivity index (χ0) is 18.0. The Hall–Kier alpha value is -2.35. The number of nitrogens with zero attached hydrogens (tertiary/aromatic N) is 1. The molecule has 0 aliphatic heterocycles. The molecule has 0 saturated carbocycles. The first-order valence-corrected chi connectivity index (χ1v) is 7.20. The smallest absolute Gasteiger partial charge is 0.424 e. The van der Waals surface area contributed by atoms with Gasteiger partial charge in [-0.2, -0.15) is 13.2 Å². The molecule has 8 heteroatoms. The van der Waals surface area contributed by atoms with Gasteiger partial charge in [0.25, 0.3) is 5.91 Å². The minimum atomic E-state index is -4.94. The molecule has 0 spiro atoms. The lowest BCUT2D eigenvalue weighted by Gasteiger charge is -2.28. The molecule has 0 fully saturated rings. The molecule has 130 valence electrons. The number of aromatic nitrogens is 1. The summed E-state index contributed by atoms with van der Waals surface area (Å²) in [4.78, 5) is 15.8. The minimum Gasteiger partial charge on any atom is -0.463 e. The second kappa shape index (κ2) is 6.64. The van der Waals surface area contributed by atoms with Crippen LogP contribution >= 0.6 is 0 Å². The average molecular weight is 342 g/mol. The van der Waals surface area contributed by atoms with Crippen LogP contribution in [0.2, 0.25) is 0 Å². The second-order valence-corrected chi connectivity index (χ2v) is 5.46. The highest BCUT2D eigenvalue weighted by atomic mass is 19.4. The Morgan fingerprint density at radius 1 is 1.25 bits per heavy atom. The van der Waals surface area contributed by atoms with Gasteiger partial charge in [0.15, 0.2) is 0 Å². The Morgan fingerprint density at radius 2 is 1.96 bits per heavy atom. The lowest BCUT2D eigenvalue weighted by Crippen LogP contribution is -2.44. The third-order valence-corrected chi connectivity index (χ3v) is 3.56. The molecule has 1 amide bonds. The van der Waals surface area contributed by atoms with Crippen molar-refractivity contribution in [3.63, 3.8) is 0 Å². The van der Waals surface area contributed by atoms with Crippen molar-refractivity contribution in [1.29, 1.82) is 0 Å². The fraction of sp³-hybridized carbons (Fsp3) is 0.375. The van der Waals surface area contributed by atoms with Crippen LogP contribution in [-0.2, 0) is 5.60 Å². The Labute approximate surface area is 136 Å². The quantitative estimate of drug-likeness (QED) is 0.876. The lowest BCUT2D eigenvalue weighted by molar-refractivity contribution is -0.274. The lowest BCUT2D eigenvalue weighted by atomic mass is 9.95. The van der Waals surface area contributed by atoms with Crippen molar-refractivity contribution in [3.8, 4) is 0 Å². The van der Waals surface area contributed by atoms with Gasteiger partial charge in [-0.15, -0.1) is 0 Å². The number of hydrogen-bond donors (Lipinski definition) is 2. The topological polar surface area (TPSA) is 75.4 Å². The van der Waals surface area contributed by atoms with Crippen molar-refractivity contribution in [3.05, 3.63) is 53.2 Å². The number of alkyl halides is 3. The Balaban J connectivity index is 2.06. The average Bonchev–Trinajstić information content (AvgIpc) is 2.93. The molecule has 0 radical (unpaired) electrons. The summed E-state index contributed by atoms with van der Waals surface area (Å²) in [5.41, 5.74) is -2.23. The van der Waals surface area contributed by atoms with Crippen molar-refractivity contribution in [1.82, 2.24) is 10.3 Å². The number of carbonyl (C=O) groups is 1. The highest BCUT2D eigenvalue weighted by Crippen LogP contribution is 2.41. The number of aryl methyl sites for hydroxylation is 2. The van der Waals surface area contributed by atoms with Crippen LogP contribution in [0.1, 0.15) is 34.0 Å². The molecule has 2 rings (SSSR count). The molecule has 1 unspecified atom stereocenters. The monoisotopic (exact) mass is 342 g/mol. The first-order chi connectivity index (χ1) is 11.1. The van der Waals surface area contributed by atoms with Gasteiger partial charge in [-0.1, -0.05) is 0 Å². The van der Waals surface area contributed by atoms with Crippen LogP contribution < -0.4 is 5.32 Å². The summed E-state index contributed by atoms with van der Waals surface area (Å²) >= 11 is 0. The van der Waals surface area contributed by atoms with Crippen molar-refractivity contribution >= 4 is 5.91 Å². The van der Waals surface area contributed by atoms with E-state index in [1.807, 2.05) is 0 Å². The van der Waals surface area contributed by atoms with Crippen molar-refractivity contribution in [2.75, 3.05) is 6.54 Å². The molecule has 0 bridgehead atoms. The maximum atomic E-state index is 13.3. The fourth-order valence-electron chi connectivity index (χ4n) is 2.12. The van der Waals surface area contributed by atoms with Gasteiger partial charge in [0, 0.05) is 24.9 Å². The first kappa shape index (κ1) is 18.0. The molecular weight excluding hydrogens is 325 g/mol. The van der Waals surface area contributed by atoms with Gasteiger partial charge < -0.3 is 14.8 Å². The summed E-state index contributed by atoms with van der Waals surface area (Å²) in [5, 5.41) is 12.4. The summed E-state index contributed by atoms with van der Waals surface area (Å²) in [6.45, 7) is 2.84. The molecular formula is C16H17F3N2O3. The van der Waals surface area contributed by atoms with Crippen LogP contribution in [0.5, 0.6) is 0 Å². The van der Waals surface area contributed by atoms with Crippen LogP contribution in [0.15, 0.2) is 34.9 Å². The third-order valence-electron chi connectivity index (χ3n) is 3.56. The van der Waals surface area contributed by atoms with Crippen LogP contribution in [-0.4, -0.2) is 28.7 Å². The van der Waals surface area contributed by atoms with Crippen molar-refractivity contribution in [2.24, 2.45) is 0 Å². The number of rotatable bonds is 5. The number of halogens is 3. The predicted molar refractivity (Wildman–Crippen MR) is 79.3 cm³/mol. The molecule has 0 aliphatic rings. The zero-order valence-electron chi connectivity index (χ0n) is 13.1. The van der Waals surface area contributed by atoms with Gasteiger partial charge in [-0.05, 0) is 38.1 Å².